The molecule has 0 amide bonds. The molecule has 7 nitrogen and oxygen atoms in total. The van der Waals surface area contributed by atoms with Crippen molar-refractivity contribution in [1.29, 1.82) is 0 Å². The maximum Gasteiger partial charge on any atom is 0.256 e. The second-order valence-electron chi connectivity index (χ2n) is 7.24. The summed E-state index contributed by atoms with van der Waals surface area (Å²) in [4.78, 5) is 35.8. The van der Waals surface area contributed by atoms with Crippen molar-refractivity contribution < 1.29 is 10.2 Å². The first-order valence-corrected chi connectivity index (χ1v) is 9.64. The van der Waals surface area contributed by atoms with Gasteiger partial charge in [-0.25, -0.2) is 0 Å². The maximum atomic E-state index is 13.1. The molecule has 0 atom stereocenters. The van der Waals surface area contributed by atoms with E-state index in [1.165, 1.54) is 12.4 Å². The minimum absolute atomic E-state index is 0.0269. The second-order valence-corrected chi connectivity index (χ2v) is 7.24. The SMILES string of the molecule is O=c1[nH]c2ccccc2c(O)c1C(c1ccncc1)c1c(O)c2ccccc2[nH]c1=O. The van der Waals surface area contributed by atoms with Crippen molar-refractivity contribution in [2.45, 2.75) is 5.92 Å². The van der Waals surface area contributed by atoms with Crippen molar-refractivity contribution in [3.63, 3.8) is 0 Å². The Balaban J connectivity index is 1.91. The molecule has 0 unspecified atom stereocenters. The van der Waals surface area contributed by atoms with Crippen LogP contribution in [0.1, 0.15) is 22.6 Å². The summed E-state index contributed by atoms with van der Waals surface area (Å²) in [5.41, 5.74) is 0.316. The smallest absolute Gasteiger partial charge is 0.256 e. The monoisotopic (exact) mass is 411 g/mol. The van der Waals surface area contributed by atoms with Crippen LogP contribution in [0, 0.1) is 0 Å². The molecular weight excluding hydrogens is 394 g/mol. The van der Waals surface area contributed by atoms with E-state index in [9.17, 15) is 19.8 Å². The third-order valence-electron chi connectivity index (χ3n) is 5.48. The molecule has 7 heteroatoms. The van der Waals surface area contributed by atoms with Crippen molar-refractivity contribution in [2.24, 2.45) is 0 Å². The van der Waals surface area contributed by atoms with E-state index in [4.69, 9.17) is 0 Å². The molecule has 0 bridgehead atoms. The highest BCUT2D eigenvalue weighted by molar-refractivity contribution is 5.88. The Labute approximate surface area is 175 Å². The molecule has 0 saturated carbocycles. The lowest BCUT2D eigenvalue weighted by molar-refractivity contribution is 0.462. The van der Waals surface area contributed by atoms with Gasteiger partial charge in [-0.1, -0.05) is 24.3 Å². The molecule has 0 fully saturated rings. The largest absolute Gasteiger partial charge is 0.507 e. The van der Waals surface area contributed by atoms with Crippen LogP contribution in [-0.2, 0) is 0 Å². The first kappa shape index (κ1) is 18.6. The Morgan fingerprint density at radius 3 is 1.61 bits per heavy atom. The van der Waals surface area contributed by atoms with Crippen LogP contribution in [0.25, 0.3) is 21.8 Å². The predicted octanol–water partition coefficient (Wildman–Crippen LogP) is 3.36. The van der Waals surface area contributed by atoms with E-state index in [0.717, 1.165) is 0 Å². The minimum Gasteiger partial charge on any atom is -0.507 e. The molecule has 0 aliphatic carbocycles. The van der Waals surface area contributed by atoms with Crippen LogP contribution in [-0.4, -0.2) is 25.2 Å². The van der Waals surface area contributed by atoms with E-state index < -0.39 is 17.0 Å². The Morgan fingerprint density at radius 1 is 0.677 bits per heavy atom. The fourth-order valence-corrected chi connectivity index (χ4v) is 4.05. The molecule has 3 heterocycles. The number of aromatic hydroxyl groups is 2. The van der Waals surface area contributed by atoms with E-state index in [-0.39, 0.29) is 22.6 Å². The zero-order valence-electron chi connectivity index (χ0n) is 16.2. The number of pyridine rings is 3. The summed E-state index contributed by atoms with van der Waals surface area (Å²) in [5.74, 6) is -1.51. The average molecular weight is 411 g/mol. The fourth-order valence-electron chi connectivity index (χ4n) is 4.05. The molecule has 0 aliphatic heterocycles. The number of fused-ring (bicyclic) bond motifs is 2. The minimum atomic E-state index is -1.02. The van der Waals surface area contributed by atoms with E-state index >= 15 is 0 Å². The zero-order valence-corrected chi connectivity index (χ0v) is 16.2. The standard InChI is InChI=1S/C24H17N3O4/c28-21-14-5-1-3-7-16(14)26-23(30)19(21)18(13-9-11-25-12-10-13)20-22(29)15-6-2-4-8-17(15)27-24(20)31/h1-12,18H,(H2,26,28,30)(H2,27,29,31). The number of hydrogen-bond acceptors (Lipinski definition) is 5. The summed E-state index contributed by atoms with van der Waals surface area (Å²) in [6.45, 7) is 0. The number of aromatic amines is 2. The van der Waals surface area contributed by atoms with Crippen LogP contribution in [0.4, 0.5) is 0 Å². The van der Waals surface area contributed by atoms with E-state index in [2.05, 4.69) is 15.0 Å². The van der Waals surface area contributed by atoms with Gasteiger partial charge in [0.25, 0.3) is 11.1 Å². The normalized spacial score (nSPS) is 11.4. The molecule has 3 aromatic heterocycles. The van der Waals surface area contributed by atoms with Gasteiger partial charge >= 0.3 is 0 Å². The zero-order chi connectivity index (χ0) is 21.5. The summed E-state index contributed by atoms with van der Waals surface area (Å²) >= 11 is 0. The Bertz CT molecular complexity index is 1460. The van der Waals surface area contributed by atoms with Gasteiger partial charge in [-0.15, -0.1) is 0 Å². The van der Waals surface area contributed by atoms with Gasteiger partial charge in [0, 0.05) is 23.2 Å². The summed E-state index contributed by atoms with van der Waals surface area (Å²) in [5, 5.41) is 23.1. The third-order valence-corrected chi connectivity index (χ3v) is 5.48. The number of hydrogen-bond donors (Lipinski definition) is 4. The Morgan fingerprint density at radius 2 is 1.13 bits per heavy atom. The van der Waals surface area contributed by atoms with Gasteiger partial charge in [0.2, 0.25) is 0 Å². The molecule has 152 valence electrons. The highest BCUT2D eigenvalue weighted by Gasteiger charge is 2.30. The molecular formula is C24H17N3O4. The van der Waals surface area contributed by atoms with Crippen LogP contribution in [0.5, 0.6) is 11.5 Å². The van der Waals surface area contributed by atoms with Gasteiger partial charge in [0.15, 0.2) is 0 Å². The predicted molar refractivity (Wildman–Crippen MR) is 118 cm³/mol. The molecule has 5 aromatic rings. The second kappa shape index (κ2) is 7.14. The van der Waals surface area contributed by atoms with Crippen LogP contribution in [0.2, 0.25) is 0 Å². The van der Waals surface area contributed by atoms with E-state index in [1.807, 2.05) is 0 Å². The van der Waals surface area contributed by atoms with Crippen molar-refractivity contribution in [2.75, 3.05) is 0 Å². The number of rotatable bonds is 3. The van der Waals surface area contributed by atoms with Crippen LogP contribution in [0.15, 0.2) is 82.6 Å². The molecule has 0 aliphatic rings. The van der Waals surface area contributed by atoms with E-state index in [1.54, 1.807) is 60.7 Å². The fraction of sp³-hybridized carbons (Fsp3) is 0.0417. The number of aromatic nitrogens is 3. The lowest BCUT2D eigenvalue weighted by Crippen LogP contribution is -2.24. The summed E-state index contributed by atoms with van der Waals surface area (Å²) in [6, 6.07) is 17.0. The van der Waals surface area contributed by atoms with Crippen molar-refractivity contribution in [3.05, 3.63) is 110 Å². The number of para-hydroxylation sites is 2. The molecule has 0 radical (unpaired) electrons. The maximum absolute atomic E-state index is 13.1. The van der Waals surface area contributed by atoms with Crippen molar-refractivity contribution in [1.82, 2.24) is 15.0 Å². The highest BCUT2D eigenvalue weighted by Crippen LogP contribution is 2.40. The molecule has 4 N–H and O–H groups in total. The van der Waals surface area contributed by atoms with Crippen molar-refractivity contribution >= 4 is 21.8 Å². The summed E-state index contributed by atoms with van der Waals surface area (Å²) in [7, 11) is 0. The number of nitrogens with zero attached hydrogens (tertiary/aromatic N) is 1. The number of benzene rings is 2. The van der Waals surface area contributed by atoms with Crippen LogP contribution in [0.3, 0.4) is 0 Å². The van der Waals surface area contributed by atoms with Gasteiger partial charge in [-0.2, -0.15) is 0 Å². The average Bonchev–Trinajstić information content (AvgIpc) is 2.78. The first-order valence-electron chi connectivity index (χ1n) is 9.64. The lowest BCUT2D eigenvalue weighted by Gasteiger charge is -2.20. The van der Waals surface area contributed by atoms with Crippen molar-refractivity contribution in [3.8, 4) is 11.5 Å². The third kappa shape index (κ3) is 2.95. The number of H-pyrrole nitrogens is 2. The summed E-state index contributed by atoms with van der Waals surface area (Å²) < 4.78 is 0. The van der Waals surface area contributed by atoms with E-state index in [0.29, 0.717) is 27.4 Å². The molecule has 2 aromatic carbocycles. The van der Waals surface area contributed by atoms with Gasteiger partial charge in [-0.05, 0) is 42.0 Å². The Kier molecular flexibility index (Phi) is 4.29. The van der Waals surface area contributed by atoms with Crippen LogP contribution >= 0.6 is 0 Å². The van der Waals surface area contributed by atoms with Gasteiger partial charge in [0.1, 0.15) is 11.5 Å². The van der Waals surface area contributed by atoms with Crippen LogP contribution < -0.4 is 11.1 Å². The molecule has 5 rings (SSSR count). The number of nitrogens with one attached hydrogen (secondary N) is 2. The van der Waals surface area contributed by atoms with Gasteiger partial charge in [0.05, 0.1) is 28.1 Å². The quantitative estimate of drug-likeness (QED) is 0.363. The molecule has 31 heavy (non-hydrogen) atoms. The Hall–Kier alpha value is -4.39. The molecule has 0 spiro atoms. The van der Waals surface area contributed by atoms with Gasteiger partial charge in [-0.3, -0.25) is 14.6 Å². The first-order chi connectivity index (χ1) is 15.1. The highest BCUT2D eigenvalue weighted by atomic mass is 16.3. The summed E-state index contributed by atoms with van der Waals surface area (Å²) in [6.07, 6.45) is 3.06. The molecule has 0 saturated heterocycles. The van der Waals surface area contributed by atoms with Gasteiger partial charge < -0.3 is 20.2 Å². The topological polar surface area (TPSA) is 119 Å². The lowest BCUT2D eigenvalue weighted by atomic mass is 9.84.